The van der Waals surface area contributed by atoms with Crippen LogP contribution in [0, 0.1) is 0 Å². The normalized spacial score (nSPS) is 17.8. The van der Waals surface area contributed by atoms with Gasteiger partial charge in [-0.3, -0.25) is 4.98 Å². The van der Waals surface area contributed by atoms with E-state index in [1.807, 2.05) is 0 Å². The molecule has 1 aromatic carbocycles. The molecule has 2 N–H and O–H groups in total. The fraction of sp³-hybridized carbons (Fsp3) is 0.389. The number of aliphatic imine (C=N–C) groups is 1. The number of hydrogen-bond donors (Lipinski definition) is 1. The van der Waals surface area contributed by atoms with Crippen LogP contribution in [0.4, 0.5) is 0 Å². The van der Waals surface area contributed by atoms with Crippen LogP contribution in [-0.2, 0) is 17.6 Å². The van der Waals surface area contributed by atoms with Crippen LogP contribution in [0.2, 0.25) is 0 Å². The van der Waals surface area contributed by atoms with Gasteiger partial charge in [-0.1, -0.05) is 12.1 Å². The average molecular weight is 326 g/mol. The second kappa shape index (κ2) is 7.29. The molecular formula is C18H22N4O2. The highest BCUT2D eigenvalue weighted by Gasteiger charge is 2.17. The lowest BCUT2D eigenvalue weighted by Crippen LogP contribution is -2.19. The number of aromatic nitrogens is 2. The minimum absolute atomic E-state index is 0.151. The summed E-state index contributed by atoms with van der Waals surface area (Å²) in [5, 5.41) is 0. The summed E-state index contributed by atoms with van der Waals surface area (Å²) in [4.78, 5) is 13.1. The van der Waals surface area contributed by atoms with Crippen LogP contribution >= 0.6 is 0 Å². The third-order valence-corrected chi connectivity index (χ3v) is 4.28. The zero-order valence-corrected chi connectivity index (χ0v) is 14.0. The highest BCUT2D eigenvalue weighted by molar-refractivity contribution is 5.71. The zero-order chi connectivity index (χ0) is 16.9. The largest absolute Gasteiger partial charge is 0.480 e. The van der Waals surface area contributed by atoms with E-state index in [-0.39, 0.29) is 12.1 Å². The second-order valence-corrected chi connectivity index (χ2v) is 5.85. The minimum atomic E-state index is 0.151. The van der Waals surface area contributed by atoms with Crippen LogP contribution in [0.15, 0.2) is 35.6 Å². The van der Waals surface area contributed by atoms with Gasteiger partial charge in [0.1, 0.15) is 0 Å². The molecule has 1 aliphatic carbocycles. The summed E-state index contributed by atoms with van der Waals surface area (Å²) in [5.74, 6) is 0.512. The van der Waals surface area contributed by atoms with Gasteiger partial charge < -0.3 is 15.2 Å². The van der Waals surface area contributed by atoms with E-state index in [9.17, 15) is 0 Å². The van der Waals surface area contributed by atoms with Crippen molar-refractivity contribution in [3.8, 4) is 17.1 Å². The topological polar surface area (TPSA) is 82.6 Å². The van der Waals surface area contributed by atoms with E-state index in [1.54, 1.807) is 26.6 Å². The van der Waals surface area contributed by atoms with Crippen molar-refractivity contribution in [2.45, 2.75) is 31.7 Å². The molecule has 1 unspecified atom stereocenters. The summed E-state index contributed by atoms with van der Waals surface area (Å²) >= 11 is 0. The van der Waals surface area contributed by atoms with Gasteiger partial charge in [0.2, 0.25) is 5.88 Å². The Bertz CT molecular complexity index is 746. The fourth-order valence-corrected chi connectivity index (χ4v) is 3.03. The van der Waals surface area contributed by atoms with Gasteiger partial charge >= 0.3 is 0 Å². The Balaban J connectivity index is 1.91. The van der Waals surface area contributed by atoms with Crippen LogP contribution in [0.5, 0.6) is 5.88 Å². The molecule has 1 aromatic heterocycles. The number of fused-ring (bicyclic) bond motifs is 1. The van der Waals surface area contributed by atoms with Gasteiger partial charge in [-0.15, -0.1) is 0 Å². The van der Waals surface area contributed by atoms with E-state index in [1.165, 1.54) is 11.1 Å². The number of nitrogens with two attached hydrogens (primary N) is 1. The Morgan fingerprint density at radius 3 is 2.92 bits per heavy atom. The molecule has 0 aliphatic heterocycles. The maximum absolute atomic E-state index is 5.72. The molecule has 0 saturated carbocycles. The van der Waals surface area contributed by atoms with E-state index in [4.69, 9.17) is 15.2 Å². The molecule has 24 heavy (non-hydrogen) atoms. The van der Waals surface area contributed by atoms with E-state index >= 15 is 0 Å². The lowest BCUT2D eigenvalue weighted by molar-refractivity contribution is 0.388. The number of ether oxygens (including phenoxy) is 2. The first kappa shape index (κ1) is 16.2. The molecule has 6 heteroatoms. The van der Waals surface area contributed by atoms with Crippen LogP contribution < -0.4 is 10.5 Å². The molecule has 6 nitrogen and oxygen atoms in total. The molecule has 1 aliphatic rings. The van der Waals surface area contributed by atoms with Gasteiger partial charge in [0.25, 0.3) is 6.02 Å². The maximum atomic E-state index is 5.72. The van der Waals surface area contributed by atoms with Crippen molar-refractivity contribution in [3.05, 3.63) is 41.7 Å². The van der Waals surface area contributed by atoms with Crippen molar-refractivity contribution in [3.63, 3.8) is 0 Å². The predicted octanol–water partition coefficient (Wildman–Crippen LogP) is 2.36. The Kier molecular flexibility index (Phi) is 4.93. The summed E-state index contributed by atoms with van der Waals surface area (Å²) in [6.45, 7) is 0. The van der Waals surface area contributed by atoms with Gasteiger partial charge in [-0.05, 0) is 42.9 Å². The highest BCUT2D eigenvalue weighted by atomic mass is 16.5. The SMILES string of the molecule is COC(N)=NC1CCCc2ccc(-c3cncc(OC)n3)cc2C1. The monoisotopic (exact) mass is 326 g/mol. The second-order valence-electron chi connectivity index (χ2n) is 5.85. The predicted molar refractivity (Wildman–Crippen MR) is 93.1 cm³/mol. The first-order valence-electron chi connectivity index (χ1n) is 8.05. The number of nitrogens with zero attached hydrogens (tertiary/aromatic N) is 3. The number of aryl methyl sites for hydroxylation is 1. The van der Waals surface area contributed by atoms with Crippen molar-refractivity contribution in [2.75, 3.05) is 14.2 Å². The van der Waals surface area contributed by atoms with Crippen molar-refractivity contribution < 1.29 is 9.47 Å². The fourth-order valence-electron chi connectivity index (χ4n) is 3.03. The maximum Gasteiger partial charge on any atom is 0.281 e. The average Bonchev–Trinajstić information content (AvgIpc) is 2.82. The summed E-state index contributed by atoms with van der Waals surface area (Å²) in [6.07, 6.45) is 7.36. The molecule has 2 aromatic rings. The first-order chi connectivity index (χ1) is 11.7. The number of rotatable bonds is 3. The Labute approximate surface area is 141 Å². The lowest BCUT2D eigenvalue weighted by atomic mass is 9.98. The minimum Gasteiger partial charge on any atom is -0.480 e. The highest BCUT2D eigenvalue weighted by Crippen LogP contribution is 2.27. The van der Waals surface area contributed by atoms with Crippen molar-refractivity contribution in [1.82, 2.24) is 9.97 Å². The van der Waals surface area contributed by atoms with Crippen molar-refractivity contribution >= 4 is 6.02 Å². The van der Waals surface area contributed by atoms with Crippen molar-refractivity contribution in [2.24, 2.45) is 10.7 Å². The van der Waals surface area contributed by atoms with Crippen LogP contribution in [0.1, 0.15) is 24.0 Å². The molecule has 0 amide bonds. The molecule has 126 valence electrons. The number of hydrogen-bond acceptors (Lipinski definition) is 5. The third-order valence-electron chi connectivity index (χ3n) is 4.28. The molecule has 0 fully saturated rings. The van der Waals surface area contributed by atoms with E-state index in [0.29, 0.717) is 5.88 Å². The molecule has 0 spiro atoms. The Morgan fingerprint density at radius 1 is 1.25 bits per heavy atom. The number of methoxy groups -OCH3 is 2. The molecule has 1 heterocycles. The summed E-state index contributed by atoms with van der Waals surface area (Å²) in [5.41, 5.74) is 10.2. The standard InChI is InChI=1S/C18H22N4O2/c1-23-17-11-20-10-16(22-17)13-7-6-12-4-3-5-15(9-14(12)8-13)21-18(19)24-2/h6-8,10-11,15H,3-5,9H2,1-2H3,(H2,19,21). The zero-order valence-electron chi connectivity index (χ0n) is 14.0. The molecule has 1 atom stereocenters. The molecule has 0 radical (unpaired) electrons. The Morgan fingerprint density at radius 2 is 2.12 bits per heavy atom. The summed E-state index contributed by atoms with van der Waals surface area (Å²) in [6, 6.07) is 6.85. The molecule has 0 bridgehead atoms. The van der Waals surface area contributed by atoms with Crippen LogP contribution in [0.3, 0.4) is 0 Å². The van der Waals surface area contributed by atoms with Crippen molar-refractivity contribution in [1.29, 1.82) is 0 Å². The first-order valence-corrected chi connectivity index (χ1v) is 8.05. The summed E-state index contributed by atoms with van der Waals surface area (Å²) < 4.78 is 10.2. The van der Waals surface area contributed by atoms with Gasteiger partial charge in [0.15, 0.2) is 0 Å². The Hall–Kier alpha value is -2.63. The van der Waals surface area contributed by atoms with E-state index in [2.05, 4.69) is 33.2 Å². The van der Waals surface area contributed by atoms with E-state index in [0.717, 1.165) is 36.9 Å². The summed E-state index contributed by atoms with van der Waals surface area (Å²) in [7, 11) is 3.14. The molecule has 0 saturated heterocycles. The van der Waals surface area contributed by atoms with Gasteiger partial charge in [0.05, 0.1) is 38.3 Å². The smallest absolute Gasteiger partial charge is 0.281 e. The molecular weight excluding hydrogens is 304 g/mol. The van der Waals surface area contributed by atoms with Gasteiger partial charge in [-0.2, -0.15) is 0 Å². The van der Waals surface area contributed by atoms with Gasteiger partial charge in [0, 0.05) is 5.56 Å². The van der Waals surface area contributed by atoms with Crippen LogP contribution in [0.25, 0.3) is 11.3 Å². The number of amidine groups is 1. The van der Waals surface area contributed by atoms with Crippen LogP contribution in [-0.4, -0.2) is 36.3 Å². The number of benzene rings is 1. The van der Waals surface area contributed by atoms with E-state index < -0.39 is 0 Å². The van der Waals surface area contributed by atoms with Gasteiger partial charge in [-0.25, -0.2) is 9.98 Å². The quantitative estimate of drug-likeness (QED) is 0.532. The third kappa shape index (κ3) is 3.64. The lowest BCUT2D eigenvalue weighted by Gasteiger charge is -2.12. The molecule has 3 rings (SSSR count).